The average molecular weight is 285 g/mol. The summed E-state index contributed by atoms with van der Waals surface area (Å²) in [4.78, 5) is 2.60. The molecule has 18 heavy (non-hydrogen) atoms. The van der Waals surface area contributed by atoms with Crippen molar-refractivity contribution < 1.29 is 5.11 Å². The van der Waals surface area contributed by atoms with Crippen LogP contribution in [0.5, 0.6) is 0 Å². The van der Waals surface area contributed by atoms with Crippen LogP contribution in [0.25, 0.3) is 0 Å². The van der Waals surface area contributed by atoms with E-state index in [0.29, 0.717) is 15.9 Å². The minimum absolute atomic E-state index is 0.222. The van der Waals surface area contributed by atoms with Gasteiger partial charge in [0.05, 0.1) is 0 Å². The summed E-state index contributed by atoms with van der Waals surface area (Å²) in [5.74, 6) is 0.317. The second kappa shape index (κ2) is 5.87. The van der Waals surface area contributed by atoms with Gasteiger partial charge in [0.25, 0.3) is 0 Å². The van der Waals surface area contributed by atoms with Gasteiger partial charge in [0.15, 0.2) is 0 Å². The van der Waals surface area contributed by atoms with Crippen molar-refractivity contribution in [1.82, 2.24) is 0 Å². The van der Waals surface area contributed by atoms with Gasteiger partial charge in [-0.15, -0.1) is 0 Å². The fraction of sp³-hybridized carbons (Fsp3) is 0.462. The number of nitrogens with two attached hydrogens (primary N) is 1. The Morgan fingerprint density at radius 1 is 1.56 bits per heavy atom. The second-order valence-corrected chi connectivity index (χ2v) is 5.54. The smallest absolute Gasteiger partial charge is 0.106 e. The van der Waals surface area contributed by atoms with Gasteiger partial charge in [-0.25, -0.2) is 0 Å². The van der Waals surface area contributed by atoms with Crippen molar-refractivity contribution in [3.8, 4) is 0 Å². The summed E-state index contributed by atoms with van der Waals surface area (Å²) in [6.07, 6.45) is 2.13. The maximum atomic E-state index is 9.29. The molecule has 3 N–H and O–H groups in total. The van der Waals surface area contributed by atoms with Gasteiger partial charge >= 0.3 is 0 Å². The van der Waals surface area contributed by atoms with Gasteiger partial charge in [-0.05, 0) is 37.0 Å². The summed E-state index contributed by atoms with van der Waals surface area (Å²) in [6, 6.07) is 5.56. The van der Waals surface area contributed by atoms with E-state index in [1.54, 1.807) is 6.07 Å². The highest BCUT2D eigenvalue weighted by atomic mass is 35.5. The summed E-state index contributed by atoms with van der Waals surface area (Å²) in [7, 11) is 0. The van der Waals surface area contributed by atoms with E-state index in [2.05, 4.69) is 4.90 Å². The molecule has 1 aliphatic rings. The lowest BCUT2D eigenvalue weighted by Crippen LogP contribution is -2.37. The summed E-state index contributed by atoms with van der Waals surface area (Å²) >= 11 is 11.1. The number of anilines is 1. The lowest BCUT2D eigenvalue weighted by molar-refractivity contribution is 0.208. The SMILES string of the molecule is NC(=S)c1ccc(Cl)cc1N1CCCC(CO)C1. The van der Waals surface area contributed by atoms with Crippen LogP contribution in [0.15, 0.2) is 18.2 Å². The number of benzene rings is 1. The molecule has 3 nitrogen and oxygen atoms in total. The van der Waals surface area contributed by atoms with Gasteiger partial charge in [-0.2, -0.15) is 0 Å². The molecule has 1 aromatic carbocycles. The Balaban J connectivity index is 2.31. The molecule has 2 rings (SSSR count). The van der Waals surface area contributed by atoms with E-state index in [0.717, 1.165) is 37.2 Å². The standard InChI is InChI=1S/C13H17ClN2OS/c14-10-3-4-11(13(15)18)12(6-10)16-5-1-2-9(7-16)8-17/h3-4,6,9,17H,1-2,5,7-8H2,(H2,15,18). The predicted molar refractivity (Wildman–Crippen MR) is 79.4 cm³/mol. The number of thiocarbonyl (C=S) groups is 1. The molecule has 1 heterocycles. The van der Waals surface area contributed by atoms with E-state index in [4.69, 9.17) is 29.6 Å². The third-order valence-electron chi connectivity index (χ3n) is 3.34. The van der Waals surface area contributed by atoms with Crippen LogP contribution in [-0.4, -0.2) is 29.8 Å². The van der Waals surface area contributed by atoms with Gasteiger partial charge in [-0.3, -0.25) is 0 Å². The molecule has 5 heteroatoms. The Labute approximate surface area is 118 Å². The van der Waals surface area contributed by atoms with Gasteiger partial charge in [0.2, 0.25) is 0 Å². The van der Waals surface area contributed by atoms with Gasteiger partial charge < -0.3 is 15.7 Å². The maximum absolute atomic E-state index is 9.29. The molecule has 0 aromatic heterocycles. The summed E-state index contributed by atoms with van der Waals surface area (Å²) in [5, 5.41) is 9.96. The number of aliphatic hydroxyl groups is 1. The monoisotopic (exact) mass is 284 g/mol. The van der Waals surface area contributed by atoms with Crippen LogP contribution in [-0.2, 0) is 0 Å². The number of piperidine rings is 1. The largest absolute Gasteiger partial charge is 0.396 e. The normalized spacial score (nSPS) is 19.9. The minimum Gasteiger partial charge on any atom is -0.396 e. The zero-order chi connectivity index (χ0) is 13.1. The van der Waals surface area contributed by atoms with Gasteiger partial charge in [0.1, 0.15) is 4.99 Å². The Morgan fingerprint density at radius 2 is 2.33 bits per heavy atom. The average Bonchev–Trinajstić information content (AvgIpc) is 2.38. The minimum atomic E-state index is 0.222. The Hall–Kier alpha value is -0.840. The van der Waals surface area contributed by atoms with Gasteiger partial charge in [0, 0.05) is 36.0 Å². The Morgan fingerprint density at radius 3 is 3.00 bits per heavy atom. The molecule has 0 bridgehead atoms. The van der Waals surface area contributed by atoms with Crippen molar-refractivity contribution in [3.63, 3.8) is 0 Å². The predicted octanol–water partition coefficient (Wildman–Crippen LogP) is 2.18. The second-order valence-electron chi connectivity index (χ2n) is 4.66. The van der Waals surface area contributed by atoms with E-state index in [9.17, 15) is 5.11 Å². The van der Waals surface area contributed by atoms with E-state index in [1.807, 2.05) is 12.1 Å². The first-order valence-electron chi connectivity index (χ1n) is 6.07. The first-order valence-corrected chi connectivity index (χ1v) is 6.85. The summed E-state index contributed by atoms with van der Waals surface area (Å²) < 4.78 is 0. The van der Waals surface area contributed by atoms with Crippen molar-refractivity contribution in [2.24, 2.45) is 11.7 Å². The summed E-state index contributed by atoms with van der Waals surface area (Å²) in [5.41, 5.74) is 7.59. The molecule has 0 amide bonds. The number of aliphatic hydroxyl groups excluding tert-OH is 1. The molecule has 1 saturated heterocycles. The van der Waals surface area contributed by atoms with Crippen LogP contribution < -0.4 is 10.6 Å². The fourth-order valence-corrected chi connectivity index (χ4v) is 2.75. The lowest BCUT2D eigenvalue weighted by Gasteiger charge is -2.34. The van der Waals surface area contributed by atoms with E-state index in [1.165, 1.54) is 0 Å². The van der Waals surface area contributed by atoms with Crippen LogP contribution in [0.3, 0.4) is 0 Å². The van der Waals surface area contributed by atoms with Crippen LogP contribution in [0.1, 0.15) is 18.4 Å². The van der Waals surface area contributed by atoms with Crippen LogP contribution in [0.4, 0.5) is 5.69 Å². The molecule has 1 unspecified atom stereocenters. The molecular weight excluding hydrogens is 268 g/mol. The van der Waals surface area contributed by atoms with Crippen LogP contribution in [0.2, 0.25) is 5.02 Å². The topological polar surface area (TPSA) is 49.5 Å². The Kier molecular flexibility index (Phi) is 4.43. The number of nitrogens with zero attached hydrogens (tertiary/aromatic N) is 1. The van der Waals surface area contributed by atoms with Gasteiger partial charge in [-0.1, -0.05) is 23.8 Å². The Bertz CT molecular complexity index is 453. The maximum Gasteiger partial charge on any atom is 0.106 e. The third-order valence-corrected chi connectivity index (χ3v) is 3.80. The first kappa shape index (κ1) is 13.6. The molecule has 0 saturated carbocycles. The number of rotatable bonds is 3. The highest BCUT2D eigenvalue weighted by Crippen LogP contribution is 2.29. The van der Waals surface area contributed by atoms with E-state index >= 15 is 0 Å². The van der Waals surface area contributed by atoms with E-state index in [-0.39, 0.29) is 6.61 Å². The quantitative estimate of drug-likeness (QED) is 0.836. The van der Waals surface area contributed by atoms with Crippen molar-refractivity contribution in [1.29, 1.82) is 0 Å². The fourth-order valence-electron chi connectivity index (χ4n) is 2.41. The number of hydrogen-bond donors (Lipinski definition) is 2. The first-order chi connectivity index (χ1) is 8.61. The van der Waals surface area contributed by atoms with Crippen LogP contribution in [0, 0.1) is 5.92 Å². The molecule has 1 aliphatic heterocycles. The molecule has 1 atom stereocenters. The van der Waals surface area contributed by atoms with Crippen LogP contribution >= 0.6 is 23.8 Å². The summed E-state index contributed by atoms with van der Waals surface area (Å²) in [6.45, 7) is 2.00. The number of hydrogen-bond acceptors (Lipinski definition) is 3. The number of halogens is 1. The zero-order valence-corrected chi connectivity index (χ0v) is 11.7. The van der Waals surface area contributed by atoms with Crippen molar-refractivity contribution >= 4 is 34.5 Å². The van der Waals surface area contributed by atoms with Crippen molar-refractivity contribution in [2.75, 3.05) is 24.6 Å². The molecular formula is C13H17ClN2OS. The van der Waals surface area contributed by atoms with Crippen molar-refractivity contribution in [3.05, 3.63) is 28.8 Å². The molecule has 0 spiro atoms. The molecule has 0 radical (unpaired) electrons. The van der Waals surface area contributed by atoms with Crippen molar-refractivity contribution in [2.45, 2.75) is 12.8 Å². The molecule has 1 aromatic rings. The third kappa shape index (κ3) is 2.94. The molecule has 1 fully saturated rings. The molecule has 0 aliphatic carbocycles. The zero-order valence-electron chi connectivity index (χ0n) is 10.1. The van der Waals surface area contributed by atoms with E-state index < -0.39 is 0 Å². The lowest BCUT2D eigenvalue weighted by atomic mass is 9.97. The highest BCUT2D eigenvalue weighted by molar-refractivity contribution is 7.80. The highest BCUT2D eigenvalue weighted by Gasteiger charge is 2.22. The molecule has 98 valence electrons.